The van der Waals surface area contributed by atoms with E-state index in [1.807, 2.05) is 49.4 Å². The van der Waals surface area contributed by atoms with E-state index in [-0.39, 0.29) is 5.91 Å². The van der Waals surface area contributed by atoms with Crippen LogP contribution in [0.15, 0.2) is 46.9 Å². The average molecular weight is 392 g/mol. The van der Waals surface area contributed by atoms with Gasteiger partial charge in [-0.15, -0.1) is 0 Å². The molecular weight excluding hydrogens is 370 g/mol. The van der Waals surface area contributed by atoms with Crippen LogP contribution < -0.4 is 9.47 Å². The summed E-state index contributed by atoms with van der Waals surface area (Å²) in [5, 5.41) is 0. The zero-order valence-electron chi connectivity index (χ0n) is 14.4. The summed E-state index contributed by atoms with van der Waals surface area (Å²) in [6.45, 7) is 4.20. The van der Waals surface area contributed by atoms with Gasteiger partial charge in [-0.1, -0.05) is 28.1 Å². The molecule has 24 heavy (non-hydrogen) atoms. The molecule has 5 heteroatoms. The van der Waals surface area contributed by atoms with E-state index in [0.717, 1.165) is 21.3 Å². The minimum atomic E-state index is -0.560. The molecule has 0 bridgehead atoms. The van der Waals surface area contributed by atoms with Gasteiger partial charge in [0.25, 0.3) is 5.91 Å². The van der Waals surface area contributed by atoms with E-state index in [2.05, 4.69) is 15.9 Å². The minimum Gasteiger partial charge on any atom is -0.496 e. The largest absolute Gasteiger partial charge is 0.496 e. The summed E-state index contributed by atoms with van der Waals surface area (Å²) in [5.41, 5.74) is 2.03. The first-order chi connectivity index (χ1) is 11.4. The van der Waals surface area contributed by atoms with E-state index in [0.29, 0.717) is 12.3 Å². The number of likely N-dealkylation sites (N-methyl/N-ethyl adjacent to an activating group) is 1. The molecule has 0 aromatic heterocycles. The van der Waals surface area contributed by atoms with Crippen LogP contribution in [0.25, 0.3) is 0 Å². The van der Waals surface area contributed by atoms with E-state index in [1.54, 1.807) is 26.0 Å². The Labute approximate surface area is 151 Å². The Morgan fingerprint density at radius 3 is 2.67 bits per heavy atom. The predicted molar refractivity (Wildman–Crippen MR) is 98.4 cm³/mol. The average Bonchev–Trinajstić information content (AvgIpc) is 2.54. The third-order valence-electron chi connectivity index (χ3n) is 3.68. The van der Waals surface area contributed by atoms with Crippen molar-refractivity contribution in [3.05, 3.63) is 58.1 Å². The van der Waals surface area contributed by atoms with Crippen molar-refractivity contribution < 1.29 is 14.3 Å². The third-order valence-corrected chi connectivity index (χ3v) is 4.17. The smallest absolute Gasteiger partial charge is 0.263 e. The highest BCUT2D eigenvalue weighted by Gasteiger charge is 2.20. The molecule has 0 aliphatic carbocycles. The molecule has 0 fully saturated rings. The van der Waals surface area contributed by atoms with Crippen LogP contribution >= 0.6 is 15.9 Å². The fourth-order valence-corrected chi connectivity index (χ4v) is 2.87. The molecule has 2 aromatic carbocycles. The quantitative estimate of drug-likeness (QED) is 0.740. The van der Waals surface area contributed by atoms with Crippen LogP contribution in [0.5, 0.6) is 11.5 Å². The molecule has 0 aliphatic heterocycles. The maximum absolute atomic E-state index is 12.6. The Balaban J connectivity index is 2.05. The molecule has 2 aromatic rings. The number of carbonyl (C=O) groups is 1. The summed E-state index contributed by atoms with van der Waals surface area (Å²) in [4.78, 5) is 14.2. The normalized spacial score (nSPS) is 11.7. The zero-order valence-corrected chi connectivity index (χ0v) is 16.0. The van der Waals surface area contributed by atoms with Crippen molar-refractivity contribution in [2.75, 3.05) is 14.2 Å². The van der Waals surface area contributed by atoms with Crippen LogP contribution in [0.4, 0.5) is 0 Å². The SMILES string of the molecule is COc1ccc(Br)cc1CN(C)C(=O)C(C)Oc1cccc(C)c1. The second-order valence-electron chi connectivity index (χ2n) is 5.73. The van der Waals surface area contributed by atoms with Crippen molar-refractivity contribution in [1.82, 2.24) is 4.90 Å². The number of nitrogens with zero attached hydrogens (tertiary/aromatic N) is 1. The maximum atomic E-state index is 12.6. The summed E-state index contributed by atoms with van der Waals surface area (Å²) in [5.74, 6) is 1.37. The molecule has 128 valence electrons. The number of ether oxygens (including phenoxy) is 2. The first-order valence-electron chi connectivity index (χ1n) is 7.71. The lowest BCUT2D eigenvalue weighted by molar-refractivity contribution is -0.137. The van der Waals surface area contributed by atoms with Crippen molar-refractivity contribution in [2.24, 2.45) is 0 Å². The highest BCUT2D eigenvalue weighted by Crippen LogP contribution is 2.24. The number of carbonyl (C=O) groups excluding carboxylic acids is 1. The number of benzene rings is 2. The molecule has 2 rings (SSSR count). The van der Waals surface area contributed by atoms with Gasteiger partial charge in [0.15, 0.2) is 6.10 Å². The maximum Gasteiger partial charge on any atom is 0.263 e. The van der Waals surface area contributed by atoms with Crippen LogP contribution in [0.1, 0.15) is 18.1 Å². The first kappa shape index (κ1) is 18.3. The third kappa shape index (κ3) is 4.74. The molecule has 0 aliphatic rings. The topological polar surface area (TPSA) is 38.8 Å². The second-order valence-corrected chi connectivity index (χ2v) is 6.64. The summed E-state index contributed by atoms with van der Waals surface area (Å²) in [7, 11) is 3.39. The summed E-state index contributed by atoms with van der Waals surface area (Å²) in [6, 6.07) is 13.4. The fourth-order valence-electron chi connectivity index (χ4n) is 2.46. The predicted octanol–water partition coefficient (Wildman–Crippen LogP) is 4.19. The Hall–Kier alpha value is -2.01. The lowest BCUT2D eigenvalue weighted by Crippen LogP contribution is -2.37. The highest BCUT2D eigenvalue weighted by atomic mass is 79.9. The second kappa shape index (κ2) is 8.20. The van der Waals surface area contributed by atoms with Gasteiger partial charge >= 0.3 is 0 Å². The van der Waals surface area contributed by atoms with Gasteiger partial charge in [-0.3, -0.25) is 4.79 Å². The highest BCUT2D eigenvalue weighted by molar-refractivity contribution is 9.10. The van der Waals surface area contributed by atoms with Crippen molar-refractivity contribution in [3.8, 4) is 11.5 Å². The van der Waals surface area contributed by atoms with Gasteiger partial charge in [0.2, 0.25) is 0 Å². The molecule has 0 spiro atoms. The summed E-state index contributed by atoms with van der Waals surface area (Å²) < 4.78 is 12.1. The summed E-state index contributed by atoms with van der Waals surface area (Å²) in [6.07, 6.45) is -0.560. The van der Waals surface area contributed by atoms with E-state index in [1.165, 1.54) is 0 Å². The van der Waals surface area contributed by atoms with E-state index >= 15 is 0 Å². The van der Waals surface area contributed by atoms with Crippen LogP contribution in [0, 0.1) is 6.92 Å². The van der Waals surface area contributed by atoms with E-state index < -0.39 is 6.10 Å². The van der Waals surface area contributed by atoms with Gasteiger partial charge in [-0.2, -0.15) is 0 Å². The minimum absolute atomic E-state index is 0.0847. The van der Waals surface area contributed by atoms with Gasteiger partial charge < -0.3 is 14.4 Å². The number of methoxy groups -OCH3 is 1. The number of hydrogen-bond acceptors (Lipinski definition) is 3. The number of halogens is 1. The molecule has 1 amide bonds. The molecule has 0 N–H and O–H groups in total. The summed E-state index contributed by atoms with van der Waals surface area (Å²) >= 11 is 3.45. The van der Waals surface area contributed by atoms with E-state index in [9.17, 15) is 4.79 Å². The number of hydrogen-bond donors (Lipinski definition) is 0. The lowest BCUT2D eigenvalue weighted by atomic mass is 10.2. The molecule has 1 unspecified atom stereocenters. The molecule has 4 nitrogen and oxygen atoms in total. The lowest BCUT2D eigenvalue weighted by Gasteiger charge is -2.23. The molecule has 0 heterocycles. The molecular formula is C19H22BrNO3. The molecule has 0 radical (unpaired) electrons. The van der Waals surface area contributed by atoms with Crippen molar-refractivity contribution in [2.45, 2.75) is 26.5 Å². The zero-order chi connectivity index (χ0) is 17.7. The van der Waals surface area contributed by atoms with Crippen molar-refractivity contribution >= 4 is 21.8 Å². The van der Waals surface area contributed by atoms with Gasteiger partial charge in [0.05, 0.1) is 7.11 Å². The van der Waals surface area contributed by atoms with Crippen molar-refractivity contribution in [1.29, 1.82) is 0 Å². The number of rotatable bonds is 6. The molecule has 0 saturated heterocycles. The monoisotopic (exact) mass is 391 g/mol. The van der Waals surface area contributed by atoms with Crippen LogP contribution in [-0.4, -0.2) is 31.1 Å². The Kier molecular flexibility index (Phi) is 6.26. The van der Waals surface area contributed by atoms with Gasteiger partial charge in [-0.05, 0) is 49.7 Å². The van der Waals surface area contributed by atoms with Crippen LogP contribution in [-0.2, 0) is 11.3 Å². The standard InChI is InChI=1S/C19H22BrNO3/c1-13-6-5-7-17(10-13)24-14(2)19(22)21(3)12-15-11-16(20)8-9-18(15)23-4/h5-11,14H,12H2,1-4H3. The van der Waals surface area contributed by atoms with Gasteiger partial charge in [-0.25, -0.2) is 0 Å². The fraction of sp³-hybridized carbons (Fsp3) is 0.316. The van der Waals surface area contributed by atoms with E-state index in [4.69, 9.17) is 9.47 Å². The van der Waals surface area contributed by atoms with Crippen LogP contribution in [0.2, 0.25) is 0 Å². The van der Waals surface area contributed by atoms with Gasteiger partial charge in [0.1, 0.15) is 11.5 Å². The number of aryl methyl sites for hydroxylation is 1. The Bertz CT molecular complexity index is 718. The Morgan fingerprint density at radius 2 is 2.00 bits per heavy atom. The van der Waals surface area contributed by atoms with Gasteiger partial charge in [0, 0.05) is 23.6 Å². The number of amides is 1. The first-order valence-corrected chi connectivity index (χ1v) is 8.50. The molecule has 0 saturated carbocycles. The molecule has 1 atom stereocenters. The Morgan fingerprint density at radius 1 is 1.25 bits per heavy atom. The van der Waals surface area contributed by atoms with Crippen molar-refractivity contribution in [3.63, 3.8) is 0 Å². The van der Waals surface area contributed by atoms with Crippen LogP contribution in [0.3, 0.4) is 0 Å².